The van der Waals surface area contributed by atoms with E-state index in [2.05, 4.69) is 30.1 Å². The van der Waals surface area contributed by atoms with Gasteiger partial charge in [0.15, 0.2) is 0 Å². The maximum atomic E-state index is 5.60. The SMILES string of the molecule is CCc1sc(-c2nnc(CCl)o2)cc1C. The zero-order chi connectivity index (χ0) is 10.8. The normalized spacial score (nSPS) is 10.9. The molecule has 0 aliphatic carbocycles. The van der Waals surface area contributed by atoms with Crippen LogP contribution in [0.4, 0.5) is 0 Å². The largest absolute Gasteiger partial charge is 0.419 e. The number of nitrogens with zero attached hydrogens (tertiary/aromatic N) is 2. The minimum Gasteiger partial charge on any atom is -0.419 e. The second kappa shape index (κ2) is 4.33. The summed E-state index contributed by atoms with van der Waals surface area (Å²) < 4.78 is 5.39. The molecule has 0 bridgehead atoms. The van der Waals surface area contributed by atoms with Gasteiger partial charge in [-0.1, -0.05) is 6.92 Å². The first-order valence-corrected chi connectivity index (χ1v) is 6.07. The predicted octanol–water partition coefficient (Wildman–Crippen LogP) is 3.41. The first-order valence-electron chi connectivity index (χ1n) is 4.72. The van der Waals surface area contributed by atoms with Crippen molar-refractivity contribution >= 4 is 22.9 Å². The van der Waals surface area contributed by atoms with Crippen molar-refractivity contribution in [3.63, 3.8) is 0 Å². The summed E-state index contributed by atoms with van der Waals surface area (Å²) in [6, 6.07) is 2.08. The van der Waals surface area contributed by atoms with Crippen molar-refractivity contribution in [1.29, 1.82) is 0 Å². The fourth-order valence-corrected chi connectivity index (χ4v) is 2.53. The average Bonchev–Trinajstić information content (AvgIpc) is 2.83. The minimum atomic E-state index is 0.262. The number of hydrogen-bond donors (Lipinski definition) is 0. The highest BCUT2D eigenvalue weighted by Crippen LogP contribution is 2.30. The van der Waals surface area contributed by atoms with Crippen molar-refractivity contribution in [2.45, 2.75) is 26.1 Å². The Labute approximate surface area is 97.1 Å². The molecule has 2 rings (SSSR count). The lowest BCUT2D eigenvalue weighted by molar-refractivity contribution is 0.528. The van der Waals surface area contributed by atoms with E-state index in [1.807, 2.05) is 0 Å². The highest BCUT2D eigenvalue weighted by Gasteiger charge is 2.12. The van der Waals surface area contributed by atoms with Crippen LogP contribution in [0.3, 0.4) is 0 Å². The Morgan fingerprint density at radius 2 is 2.27 bits per heavy atom. The summed E-state index contributed by atoms with van der Waals surface area (Å²) in [4.78, 5) is 2.38. The highest BCUT2D eigenvalue weighted by molar-refractivity contribution is 7.15. The molecular weight excluding hydrogens is 232 g/mol. The number of aryl methyl sites for hydroxylation is 2. The first kappa shape index (κ1) is 10.6. The van der Waals surface area contributed by atoms with Crippen molar-refractivity contribution in [1.82, 2.24) is 10.2 Å². The highest BCUT2D eigenvalue weighted by atomic mass is 35.5. The molecule has 0 N–H and O–H groups in total. The third kappa shape index (κ3) is 2.06. The Morgan fingerprint density at radius 3 is 2.80 bits per heavy atom. The van der Waals surface area contributed by atoms with Crippen LogP contribution in [0.2, 0.25) is 0 Å². The number of alkyl halides is 1. The quantitative estimate of drug-likeness (QED) is 0.775. The molecule has 80 valence electrons. The van der Waals surface area contributed by atoms with E-state index in [1.165, 1.54) is 10.4 Å². The van der Waals surface area contributed by atoms with E-state index in [0.29, 0.717) is 11.8 Å². The minimum absolute atomic E-state index is 0.262. The molecule has 2 heterocycles. The molecule has 0 amide bonds. The zero-order valence-corrected chi connectivity index (χ0v) is 10.2. The van der Waals surface area contributed by atoms with E-state index in [-0.39, 0.29) is 5.88 Å². The second-order valence-electron chi connectivity index (χ2n) is 3.20. The van der Waals surface area contributed by atoms with E-state index >= 15 is 0 Å². The molecule has 2 aromatic rings. The van der Waals surface area contributed by atoms with Gasteiger partial charge in [0, 0.05) is 4.88 Å². The summed E-state index contributed by atoms with van der Waals surface area (Å²) >= 11 is 7.30. The van der Waals surface area contributed by atoms with Crippen molar-refractivity contribution in [3.8, 4) is 10.8 Å². The van der Waals surface area contributed by atoms with Gasteiger partial charge < -0.3 is 4.42 Å². The number of thiophene rings is 1. The van der Waals surface area contributed by atoms with Crippen molar-refractivity contribution in [2.75, 3.05) is 0 Å². The third-order valence-corrected chi connectivity index (χ3v) is 3.73. The van der Waals surface area contributed by atoms with Crippen LogP contribution in [-0.4, -0.2) is 10.2 Å². The predicted molar refractivity (Wildman–Crippen MR) is 61.3 cm³/mol. The lowest BCUT2D eigenvalue weighted by Crippen LogP contribution is -1.74. The molecule has 0 aromatic carbocycles. The first-order chi connectivity index (χ1) is 7.24. The Morgan fingerprint density at radius 1 is 1.47 bits per heavy atom. The molecule has 15 heavy (non-hydrogen) atoms. The lowest BCUT2D eigenvalue weighted by atomic mass is 10.2. The van der Waals surface area contributed by atoms with Crippen LogP contribution in [0.15, 0.2) is 10.5 Å². The molecule has 0 saturated heterocycles. The molecule has 3 nitrogen and oxygen atoms in total. The maximum absolute atomic E-state index is 5.60. The monoisotopic (exact) mass is 242 g/mol. The van der Waals surface area contributed by atoms with Crippen molar-refractivity contribution in [3.05, 3.63) is 22.4 Å². The van der Waals surface area contributed by atoms with Crippen LogP contribution in [0.1, 0.15) is 23.3 Å². The number of rotatable bonds is 3. The molecule has 2 aromatic heterocycles. The van der Waals surface area contributed by atoms with Gasteiger partial charge >= 0.3 is 0 Å². The van der Waals surface area contributed by atoms with E-state index in [4.69, 9.17) is 16.0 Å². The van der Waals surface area contributed by atoms with Crippen LogP contribution in [0.5, 0.6) is 0 Å². The molecule has 0 atom stereocenters. The summed E-state index contributed by atoms with van der Waals surface area (Å²) in [5, 5.41) is 7.79. The fourth-order valence-electron chi connectivity index (χ4n) is 1.38. The van der Waals surface area contributed by atoms with Crippen LogP contribution in [0.25, 0.3) is 10.8 Å². The standard InChI is InChI=1S/C10H11ClN2OS/c1-3-7-6(2)4-8(15-7)10-13-12-9(5-11)14-10/h4H,3,5H2,1-2H3. The molecule has 0 spiro atoms. The lowest BCUT2D eigenvalue weighted by Gasteiger charge is -1.88. The van der Waals surface area contributed by atoms with Gasteiger partial charge in [0.1, 0.15) is 5.88 Å². The molecule has 0 aliphatic heterocycles. The summed E-state index contributed by atoms with van der Waals surface area (Å²) in [5.74, 6) is 1.30. The molecule has 0 saturated carbocycles. The van der Waals surface area contributed by atoms with Gasteiger partial charge in [-0.2, -0.15) is 0 Å². The Kier molecular flexibility index (Phi) is 3.07. The Hall–Kier alpha value is -0.870. The van der Waals surface area contributed by atoms with E-state index < -0.39 is 0 Å². The molecule has 0 radical (unpaired) electrons. The van der Waals surface area contributed by atoms with Crippen LogP contribution >= 0.6 is 22.9 Å². The van der Waals surface area contributed by atoms with Gasteiger partial charge in [0.2, 0.25) is 5.89 Å². The van der Waals surface area contributed by atoms with Crippen LogP contribution < -0.4 is 0 Å². The topological polar surface area (TPSA) is 38.9 Å². The van der Waals surface area contributed by atoms with Crippen LogP contribution in [-0.2, 0) is 12.3 Å². The van der Waals surface area contributed by atoms with Gasteiger partial charge in [0.05, 0.1) is 4.88 Å². The van der Waals surface area contributed by atoms with E-state index in [9.17, 15) is 0 Å². The van der Waals surface area contributed by atoms with E-state index in [0.717, 1.165) is 11.3 Å². The smallest absolute Gasteiger partial charge is 0.257 e. The fraction of sp³-hybridized carbons (Fsp3) is 0.400. The summed E-state index contributed by atoms with van der Waals surface area (Å²) in [5.41, 5.74) is 1.28. The van der Waals surface area contributed by atoms with Gasteiger partial charge in [-0.15, -0.1) is 33.1 Å². The van der Waals surface area contributed by atoms with Gasteiger partial charge in [-0.05, 0) is 25.0 Å². The molecule has 0 fully saturated rings. The maximum Gasteiger partial charge on any atom is 0.257 e. The summed E-state index contributed by atoms with van der Waals surface area (Å²) in [6.45, 7) is 4.23. The Bertz CT molecular complexity index is 464. The second-order valence-corrected chi connectivity index (χ2v) is 4.61. The Balaban J connectivity index is 2.36. The summed E-state index contributed by atoms with van der Waals surface area (Å²) in [7, 11) is 0. The van der Waals surface area contributed by atoms with Gasteiger partial charge in [0.25, 0.3) is 5.89 Å². The molecular formula is C10H11ClN2OS. The third-order valence-electron chi connectivity index (χ3n) is 2.13. The van der Waals surface area contributed by atoms with Gasteiger partial charge in [-0.3, -0.25) is 0 Å². The van der Waals surface area contributed by atoms with Crippen LogP contribution in [0, 0.1) is 6.92 Å². The summed E-state index contributed by atoms with van der Waals surface area (Å²) in [6.07, 6.45) is 1.03. The molecule has 0 aliphatic rings. The van der Waals surface area contributed by atoms with E-state index in [1.54, 1.807) is 11.3 Å². The number of halogens is 1. The van der Waals surface area contributed by atoms with Crippen molar-refractivity contribution < 1.29 is 4.42 Å². The zero-order valence-electron chi connectivity index (χ0n) is 8.58. The number of hydrogen-bond acceptors (Lipinski definition) is 4. The molecule has 0 unspecified atom stereocenters. The van der Waals surface area contributed by atoms with Crippen molar-refractivity contribution in [2.24, 2.45) is 0 Å². The molecule has 5 heteroatoms. The average molecular weight is 243 g/mol. The number of aromatic nitrogens is 2. The van der Waals surface area contributed by atoms with Gasteiger partial charge in [-0.25, -0.2) is 0 Å².